The number of carbonyl (C=O) groups excluding carboxylic acids is 1. The van der Waals surface area contributed by atoms with E-state index >= 15 is 0 Å². The molecule has 7 heteroatoms. The highest BCUT2D eigenvalue weighted by atomic mass is 35.5. The summed E-state index contributed by atoms with van der Waals surface area (Å²) in [7, 11) is 0. The first-order valence-corrected chi connectivity index (χ1v) is 8.59. The molecule has 0 bridgehead atoms. The van der Waals surface area contributed by atoms with E-state index in [2.05, 4.69) is 15.4 Å². The van der Waals surface area contributed by atoms with Crippen molar-refractivity contribution in [3.05, 3.63) is 64.6 Å². The highest BCUT2D eigenvalue weighted by Crippen LogP contribution is 2.27. The normalized spacial score (nSPS) is 17.8. The van der Waals surface area contributed by atoms with Gasteiger partial charge in [0.1, 0.15) is 5.56 Å². The van der Waals surface area contributed by atoms with Crippen LogP contribution in [0.25, 0.3) is 5.65 Å². The summed E-state index contributed by atoms with van der Waals surface area (Å²) >= 11 is 6.14. The van der Waals surface area contributed by atoms with E-state index in [1.165, 1.54) is 0 Å². The van der Waals surface area contributed by atoms with Crippen LogP contribution in [0.5, 0.6) is 0 Å². The van der Waals surface area contributed by atoms with Crippen molar-refractivity contribution in [2.75, 3.05) is 19.6 Å². The lowest BCUT2D eigenvalue weighted by molar-refractivity contribution is 0.0636. The molecular formula is C18H18ClN5O. The number of nitrogens with zero attached hydrogens (tertiary/aromatic N) is 4. The number of aromatic nitrogens is 3. The minimum Gasteiger partial charge on any atom is -0.329 e. The molecule has 6 nitrogen and oxygen atoms in total. The van der Waals surface area contributed by atoms with Gasteiger partial charge in [0.05, 0.1) is 12.2 Å². The zero-order chi connectivity index (χ0) is 17.4. The number of hydrogen-bond donors (Lipinski definition) is 1. The maximum atomic E-state index is 13.2. The SMILES string of the molecule is Cc1ccn2ncc(C(=O)N3CCNCC3c3cccc(Cl)c3)c2n1. The maximum absolute atomic E-state index is 13.2. The fraction of sp³-hybridized carbons (Fsp3) is 0.278. The van der Waals surface area contributed by atoms with E-state index in [4.69, 9.17) is 11.6 Å². The lowest BCUT2D eigenvalue weighted by atomic mass is 10.0. The highest BCUT2D eigenvalue weighted by molar-refractivity contribution is 6.30. The van der Waals surface area contributed by atoms with E-state index in [-0.39, 0.29) is 11.9 Å². The average molecular weight is 356 g/mol. The Balaban J connectivity index is 1.72. The molecule has 1 unspecified atom stereocenters. The number of fused-ring (bicyclic) bond motifs is 1. The second-order valence-electron chi connectivity index (χ2n) is 6.17. The van der Waals surface area contributed by atoms with Crippen LogP contribution in [0.15, 0.2) is 42.7 Å². The summed E-state index contributed by atoms with van der Waals surface area (Å²) in [5.41, 5.74) is 2.99. The molecule has 1 atom stereocenters. The molecule has 3 aromatic rings. The van der Waals surface area contributed by atoms with Crippen molar-refractivity contribution in [3.8, 4) is 0 Å². The molecule has 0 saturated carbocycles. The van der Waals surface area contributed by atoms with Gasteiger partial charge in [-0.2, -0.15) is 5.10 Å². The predicted molar refractivity (Wildman–Crippen MR) is 95.8 cm³/mol. The summed E-state index contributed by atoms with van der Waals surface area (Å²) in [4.78, 5) is 19.6. The van der Waals surface area contributed by atoms with Crippen LogP contribution in [0.4, 0.5) is 0 Å². The van der Waals surface area contributed by atoms with Crippen LogP contribution in [0.3, 0.4) is 0 Å². The van der Waals surface area contributed by atoms with Gasteiger partial charge in [-0.3, -0.25) is 4.79 Å². The third kappa shape index (κ3) is 2.99. The fourth-order valence-corrected chi connectivity index (χ4v) is 3.42. The Kier molecular flexibility index (Phi) is 4.15. The van der Waals surface area contributed by atoms with Gasteiger partial charge in [-0.05, 0) is 30.7 Å². The first-order valence-electron chi connectivity index (χ1n) is 8.21. The average Bonchev–Trinajstić information content (AvgIpc) is 3.04. The number of nitrogens with one attached hydrogen (secondary N) is 1. The Morgan fingerprint density at radius 1 is 1.36 bits per heavy atom. The van der Waals surface area contributed by atoms with Crippen molar-refractivity contribution in [1.82, 2.24) is 24.8 Å². The number of aryl methyl sites for hydroxylation is 1. The third-order valence-corrected chi connectivity index (χ3v) is 4.71. The van der Waals surface area contributed by atoms with Gasteiger partial charge in [-0.25, -0.2) is 9.50 Å². The molecule has 1 fully saturated rings. The molecule has 0 aliphatic carbocycles. The molecule has 4 rings (SSSR count). The molecule has 0 radical (unpaired) electrons. The van der Waals surface area contributed by atoms with Crippen LogP contribution in [-0.4, -0.2) is 45.0 Å². The van der Waals surface area contributed by atoms with Gasteiger partial charge < -0.3 is 10.2 Å². The summed E-state index contributed by atoms with van der Waals surface area (Å²) < 4.78 is 1.64. The van der Waals surface area contributed by atoms with Gasteiger partial charge >= 0.3 is 0 Å². The first-order chi connectivity index (χ1) is 12.1. The van der Waals surface area contributed by atoms with Gasteiger partial charge in [-0.15, -0.1) is 0 Å². The van der Waals surface area contributed by atoms with Crippen LogP contribution in [0, 0.1) is 6.92 Å². The van der Waals surface area contributed by atoms with Crippen LogP contribution in [0.2, 0.25) is 5.02 Å². The largest absolute Gasteiger partial charge is 0.329 e. The minimum atomic E-state index is -0.0697. The fourth-order valence-electron chi connectivity index (χ4n) is 3.22. The Morgan fingerprint density at radius 2 is 2.24 bits per heavy atom. The lowest BCUT2D eigenvalue weighted by Crippen LogP contribution is -2.48. The molecule has 0 spiro atoms. The number of rotatable bonds is 2. The summed E-state index contributed by atoms with van der Waals surface area (Å²) in [6.45, 7) is 3.98. The molecule has 1 aromatic carbocycles. The molecule has 2 aromatic heterocycles. The first kappa shape index (κ1) is 16.1. The molecule has 3 heterocycles. The number of halogens is 1. The minimum absolute atomic E-state index is 0.0559. The number of carbonyl (C=O) groups is 1. The Bertz CT molecular complexity index is 938. The Labute approximate surface area is 150 Å². The van der Waals surface area contributed by atoms with E-state index in [0.29, 0.717) is 29.3 Å². The Hall–Kier alpha value is -2.44. The lowest BCUT2D eigenvalue weighted by Gasteiger charge is -2.36. The number of amides is 1. The van der Waals surface area contributed by atoms with Gasteiger partial charge in [0.25, 0.3) is 5.91 Å². The van der Waals surface area contributed by atoms with E-state index in [9.17, 15) is 4.79 Å². The third-order valence-electron chi connectivity index (χ3n) is 4.48. The van der Waals surface area contributed by atoms with E-state index in [1.807, 2.05) is 48.4 Å². The summed E-state index contributed by atoms with van der Waals surface area (Å²) in [5.74, 6) is -0.0559. The van der Waals surface area contributed by atoms with Crippen molar-refractivity contribution in [1.29, 1.82) is 0 Å². The quantitative estimate of drug-likeness (QED) is 0.767. The number of piperazine rings is 1. The zero-order valence-electron chi connectivity index (χ0n) is 13.8. The second kappa shape index (κ2) is 6.46. The Morgan fingerprint density at radius 3 is 3.08 bits per heavy atom. The van der Waals surface area contributed by atoms with Crippen LogP contribution in [0.1, 0.15) is 27.7 Å². The van der Waals surface area contributed by atoms with Crippen molar-refractivity contribution >= 4 is 23.2 Å². The maximum Gasteiger partial charge on any atom is 0.259 e. The molecular weight excluding hydrogens is 338 g/mol. The van der Waals surface area contributed by atoms with Crippen molar-refractivity contribution in [2.24, 2.45) is 0 Å². The smallest absolute Gasteiger partial charge is 0.259 e. The summed E-state index contributed by atoms with van der Waals surface area (Å²) in [6.07, 6.45) is 3.42. The predicted octanol–water partition coefficient (Wildman–Crippen LogP) is 2.48. The highest BCUT2D eigenvalue weighted by Gasteiger charge is 2.30. The van der Waals surface area contributed by atoms with E-state index in [1.54, 1.807) is 10.7 Å². The van der Waals surface area contributed by atoms with Crippen LogP contribution in [-0.2, 0) is 0 Å². The topological polar surface area (TPSA) is 62.5 Å². The van der Waals surface area contributed by atoms with Crippen molar-refractivity contribution in [3.63, 3.8) is 0 Å². The molecule has 1 amide bonds. The van der Waals surface area contributed by atoms with E-state index < -0.39 is 0 Å². The number of benzene rings is 1. The molecule has 128 valence electrons. The van der Waals surface area contributed by atoms with Crippen LogP contribution < -0.4 is 5.32 Å². The van der Waals surface area contributed by atoms with Gasteiger partial charge in [0.15, 0.2) is 5.65 Å². The van der Waals surface area contributed by atoms with Crippen molar-refractivity contribution < 1.29 is 4.79 Å². The van der Waals surface area contributed by atoms with Crippen LogP contribution >= 0.6 is 11.6 Å². The standard InChI is InChI=1S/C18H18ClN5O/c1-12-5-7-24-17(22-12)15(10-21-24)18(25)23-8-6-20-11-16(23)13-3-2-4-14(19)9-13/h2-5,7,9-10,16,20H,6,8,11H2,1H3. The molecule has 1 aliphatic heterocycles. The summed E-state index contributed by atoms with van der Waals surface area (Å²) in [6, 6.07) is 9.47. The zero-order valence-corrected chi connectivity index (χ0v) is 14.6. The molecule has 25 heavy (non-hydrogen) atoms. The van der Waals surface area contributed by atoms with Crippen molar-refractivity contribution in [2.45, 2.75) is 13.0 Å². The van der Waals surface area contributed by atoms with Gasteiger partial charge in [0, 0.05) is 36.5 Å². The second-order valence-corrected chi connectivity index (χ2v) is 6.61. The van der Waals surface area contributed by atoms with Gasteiger partial charge in [-0.1, -0.05) is 23.7 Å². The number of hydrogen-bond acceptors (Lipinski definition) is 4. The summed E-state index contributed by atoms with van der Waals surface area (Å²) in [5, 5.41) is 8.28. The van der Waals surface area contributed by atoms with E-state index in [0.717, 1.165) is 17.8 Å². The molecule has 1 saturated heterocycles. The monoisotopic (exact) mass is 355 g/mol. The molecule has 1 aliphatic rings. The molecule has 1 N–H and O–H groups in total. The van der Waals surface area contributed by atoms with Gasteiger partial charge in [0.2, 0.25) is 0 Å².